The van der Waals surface area contributed by atoms with Crippen molar-refractivity contribution < 1.29 is 44.3 Å². The van der Waals surface area contributed by atoms with Crippen molar-refractivity contribution in [2.45, 2.75) is 32.1 Å². The number of imidazole rings is 1. The molecule has 0 bridgehead atoms. The molecule has 1 atom stereocenters. The molecular weight excluding hydrogens is 655 g/mol. The number of aromatic amines is 1. The lowest BCUT2D eigenvalue weighted by Crippen LogP contribution is -3.00. The third-order valence-corrected chi connectivity index (χ3v) is 7.74. The molecule has 1 N–H and O–H groups in total. The van der Waals surface area contributed by atoms with Crippen LogP contribution in [0.3, 0.4) is 0 Å². The molecule has 0 aliphatic carbocycles. The quantitative estimate of drug-likeness (QED) is 0.215. The molecule has 1 aliphatic rings. The number of ether oxygens (including phenoxy) is 1. The fourth-order valence-electron chi connectivity index (χ4n) is 5.71. The Morgan fingerprint density at radius 2 is 1.93 bits per heavy atom. The number of halogens is 4. The fraction of sp³-hybridized carbons (Fsp3) is 0.194. The molecule has 10 nitrogen and oxygen atoms in total. The number of carbonyl (C=O) groups is 1. The predicted octanol–water partition coefficient (Wildman–Crippen LogP) is 1.44. The van der Waals surface area contributed by atoms with Crippen LogP contribution in [0.4, 0.5) is 24.8 Å². The monoisotopic (exact) mass is 679 g/mol. The number of benzene rings is 2. The average molecular weight is 680 g/mol. The maximum absolute atomic E-state index is 13.6. The molecule has 230 valence electrons. The molecule has 5 aromatic rings. The number of aryl methyl sites for hydroxylation is 2. The first kappa shape index (κ1) is 31.3. The minimum Gasteiger partial charge on any atom is -1.00 e. The standard InChI is InChI=1S/C31H24F3N7O3.BrH/c1-19-26(28(42)44-2)27(41-29(36-37-30(41)43)40(19)23-7-5-6-22(17-23)31(32,33)34)24-10-9-20(18-35)16-21(24)11-13-39-15-14-38-12-4-3-8-25(38)39;/h3-10,12,14-17,27H,11,13H2,1-2H3;1H. The number of nitrogens with zero attached hydrogens (tertiary/aromatic N) is 6. The lowest BCUT2D eigenvalue weighted by molar-refractivity contribution is -0.670. The van der Waals surface area contributed by atoms with Gasteiger partial charge in [-0.15, -0.1) is 5.10 Å². The van der Waals surface area contributed by atoms with Crippen LogP contribution in [0.5, 0.6) is 0 Å². The molecule has 0 radical (unpaired) electrons. The van der Waals surface area contributed by atoms with Crippen molar-refractivity contribution >= 4 is 23.3 Å². The zero-order chi connectivity index (χ0) is 31.2. The number of esters is 1. The minimum atomic E-state index is -4.62. The second-order valence-corrected chi connectivity index (χ2v) is 10.2. The van der Waals surface area contributed by atoms with Crippen molar-refractivity contribution in [1.29, 1.82) is 5.26 Å². The number of H-pyrrole nitrogens is 1. The molecule has 0 spiro atoms. The molecule has 6 rings (SSSR count). The SMILES string of the molecule is COC(=O)C1=C(C)N(c2cccc(C(F)(F)F)c2)c2n[nH]c(=O)n2C1c1ccc(C#N)cc1CC[n+]1ccn2ccccc21.[Br-]. The number of nitrogens with one attached hydrogen (secondary N) is 1. The Bertz CT molecular complexity index is 2060. The number of carbonyl (C=O) groups excluding carboxylic acids is 1. The zero-order valence-corrected chi connectivity index (χ0v) is 25.5. The van der Waals surface area contributed by atoms with Crippen molar-refractivity contribution in [3.63, 3.8) is 0 Å². The Balaban J connectivity index is 0.00000400. The van der Waals surface area contributed by atoms with Gasteiger partial charge >= 0.3 is 17.8 Å². The Morgan fingerprint density at radius 1 is 1.13 bits per heavy atom. The van der Waals surface area contributed by atoms with Crippen molar-refractivity contribution in [3.8, 4) is 6.07 Å². The van der Waals surface area contributed by atoms with E-state index in [1.165, 1.54) is 28.7 Å². The lowest BCUT2D eigenvalue weighted by atomic mass is 9.89. The summed E-state index contributed by atoms with van der Waals surface area (Å²) in [6.45, 7) is 2.07. The van der Waals surface area contributed by atoms with Crippen molar-refractivity contribution in [2.75, 3.05) is 12.0 Å². The second kappa shape index (κ2) is 12.1. The van der Waals surface area contributed by atoms with E-state index < -0.39 is 29.4 Å². The summed E-state index contributed by atoms with van der Waals surface area (Å²) >= 11 is 0. The van der Waals surface area contributed by atoms with Crippen molar-refractivity contribution in [3.05, 3.63) is 123 Å². The van der Waals surface area contributed by atoms with Crippen LogP contribution >= 0.6 is 0 Å². The van der Waals surface area contributed by atoms with Crippen LogP contribution in [0.15, 0.2) is 95.3 Å². The Morgan fingerprint density at radius 3 is 2.67 bits per heavy atom. The molecule has 45 heavy (non-hydrogen) atoms. The number of nitriles is 1. The maximum Gasteiger partial charge on any atom is 0.416 e. The highest BCUT2D eigenvalue weighted by molar-refractivity contribution is 5.93. The van der Waals surface area contributed by atoms with Crippen LogP contribution in [-0.4, -0.2) is 32.2 Å². The predicted molar refractivity (Wildman–Crippen MR) is 152 cm³/mol. The summed E-state index contributed by atoms with van der Waals surface area (Å²) in [7, 11) is 1.19. The summed E-state index contributed by atoms with van der Waals surface area (Å²) < 4.78 is 51.3. The van der Waals surface area contributed by atoms with Crippen molar-refractivity contribution in [1.82, 2.24) is 19.2 Å². The number of allylic oxidation sites excluding steroid dienone is 1. The number of hydrogen-bond donors (Lipinski definition) is 1. The lowest BCUT2D eigenvalue weighted by Gasteiger charge is -2.36. The highest BCUT2D eigenvalue weighted by atomic mass is 79.9. The number of hydrogen-bond acceptors (Lipinski definition) is 6. The molecule has 4 heterocycles. The largest absolute Gasteiger partial charge is 1.00 e. The van der Waals surface area contributed by atoms with E-state index in [1.54, 1.807) is 25.1 Å². The maximum atomic E-state index is 13.6. The molecule has 1 aliphatic heterocycles. The smallest absolute Gasteiger partial charge is 0.416 e. The van der Waals surface area contributed by atoms with Crippen molar-refractivity contribution in [2.24, 2.45) is 0 Å². The van der Waals surface area contributed by atoms with Gasteiger partial charge in [0.25, 0.3) is 5.65 Å². The molecular formula is C31H25BrF3N7O3. The van der Waals surface area contributed by atoms with Gasteiger partial charge < -0.3 is 21.7 Å². The normalized spacial score (nSPS) is 14.6. The first-order valence-electron chi connectivity index (χ1n) is 13.5. The summed E-state index contributed by atoms with van der Waals surface area (Å²) in [6, 6.07) is 16.4. The molecule has 0 saturated heterocycles. The minimum absolute atomic E-state index is 0. The molecule has 0 saturated carbocycles. The Labute approximate surface area is 265 Å². The number of anilines is 2. The van der Waals surface area contributed by atoms with E-state index in [-0.39, 0.29) is 39.9 Å². The number of methoxy groups -OCH3 is 1. The highest BCUT2D eigenvalue weighted by Gasteiger charge is 2.41. The summed E-state index contributed by atoms with van der Waals surface area (Å²) in [5.41, 5.74) is 1.30. The zero-order valence-electron chi connectivity index (χ0n) is 23.9. The van der Waals surface area contributed by atoms with E-state index in [0.717, 1.165) is 17.8 Å². The average Bonchev–Trinajstić information content (AvgIpc) is 3.61. The van der Waals surface area contributed by atoms with Gasteiger partial charge in [-0.25, -0.2) is 28.2 Å². The number of pyridine rings is 1. The van der Waals surface area contributed by atoms with E-state index in [2.05, 4.69) is 16.3 Å². The van der Waals surface area contributed by atoms with E-state index in [9.17, 15) is 28.0 Å². The molecule has 2 aromatic carbocycles. The summed E-state index contributed by atoms with van der Waals surface area (Å²) in [4.78, 5) is 28.1. The first-order chi connectivity index (χ1) is 21.1. The number of rotatable bonds is 6. The van der Waals surface area contributed by atoms with Gasteiger partial charge in [0.05, 0.1) is 42.6 Å². The number of alkyl halides is 3. The van der Waals surface area contributed by atoms with Crippen LogP contribution in [0.1, 0.15) is 35.2 Å². The van der Waals surface area contributed by atoms with Gasteiger partial charge in [0, 0.05) is 23.9 Å². The topological polar surface area (TPSA) is 112 Å². The summed E-state index contributed by atoms with van der Waals surface area (Å²) in [5, 5.41) is 16.2. The Kier molecular flexibility index (Phi) is 8.40. The third kappa shape index (κ3) is 5.51. The van der Waals surface area contributed by atoms with Gasteiger partial charge in [-0.3, -0.25) is 4.90 Å². The van der Waals surface area contributed by atoms with Gasteiger partial charge in [-0.1, -0.05) is 18.2 Å². The Hall–Kier alpha value is -5.16. The third-order valence-electron chi connectivity index (χ3n) is 7.74. The highest BCUT2D eigenvalue weighted by Crippen LogP contribution is 2.43. The summed E-state index contributed by atoms with van der Waals surface area (Å²) in [5.74, 6) is -0.779. The number of fused-ring (bicyclic) bond motifs is 2. The summed E-state index contributed by atoms with van der Waals surface area (Å²) in [6.07, 6.45) is 1.58. The fourth-order valence-corrected chi connectivity index (χ4v) is 5.71. The van der Waals surface area contributed by atoms with E-state index in [1.807, 2.05) is 45.8 Å². The second-order valence-electron chi connectivity index (χ2n) is 10.2. The van der Waals surface area contributed by atoms with Gasteiger partial charge in [-0.05, 0) is 54.4 Å². The van der Waals surface area contributed by atoms with E-state index in [0.29, 0.717) is 29.7 Å². The van der Waals surface area contributed by atoms with Gasteiger partial charge in [0.1, 0.15) is 18.4 Å². The van der Waals surface area contributed by atoms with Gasteiger partial charge in [-0.2, -0.15) is 18.4 Å². The first-order valence-corrected chi connectivity index (χ1v) is 13.5. The van der Waals surface area contributed by atoms with E-state index in [4.69, 9.17) is 4.74 Å². The molecule has 0 amide bonds. The van der Waals surface area contributed by atoms with Gasteiger partial charge in [0.2, 0.25) is 5.95 Å². The van der Waals surface area contributed by atoms with Crippen LogP contribution in [-0.2, 0) is 28.7 Å². The van der Waals surface area contributed by atoms with Crippen LogP contribution in [0.2, 0.25) is 0 Å². The molecule has 3 aromatic heterocycles. The molecule has 1 unspecified atom stereocenters. The van der Waals surface area contributed by atoms with Crippen LogP contribution < -0.4 is 32.1 Å². The molecule has 14 heteroatoms. The van der Waals surface area contributed by atoms with Gasteiger partial charge in [0.15, 0.2) is 0 Å². The number of aromatic nitrogens is 5. The van der Waals surface area contributed by atoms with Crippen LogP contribution in [0, 0.1) is 11.3 Å². The molecule has 0 fully saturated rings. The van der Waals surface area contributed by atoms with Crippen LogP contribution in [0.25, 0.3) is 5.65 Å². The van der Waals surface area contributed by atoms with E-state index >= 15 is 0 Å².